The highest BCUT2D eigenvalue weighted by atomic mass is 16.2. The van der Waals surface area contributed by atoms with Gasteiger partial charge >= 0.3 is 0 Å². The number of nitrogens with one attached hydrogen (secondary N) is 1. The van der Waals surface area contributed by atoms with Crippen molar-refractivity contribution < 1.29 is 9.59 Å². The lowest BCUT2D eigenvalue weighted by Gasteiger charge is -2.12. The molecule has 1 aliphatic rings. The number of amides is 1. The molecule has 0 bridgehead atoms. The van der Waals surface area contributed by atoms with Crippen LogP contribution < -0.4 is 5.32 Å². The van der Waals surface area contributed by atoms with Crippen molar-refractivity contribution in [3.05, 3.63) is 71.7 Å². The third-order valence-electron chi connectivity index (χ3n) is 4.08. The lowest BCUT2D eigenvalue weighted by Crippen LogP contribution is -2.23. The number of carbonyl (C=O) groups excluding carboxylic acids is 2. The predicted octanol–water partition coefficient (Wildman–Crippen LogP) is 1.98. The standard InChI is InChI=1S/C18H14N4O2/c23-10-9-22-17-14(16(21-22)12-5-2-1-3-6-12)15(20-18(17)24)13-7-4-8-19-11-13/h1-8,10-11,15H,9H2,(H,20,24). The molecule has 1 aliphatic heterocycles. The highest BCUT2D eigenvalue weighted by Crippen LogP contribution is 2.37. The summed E-state index contributed by atoms with van der Waals surface area (Å²) in [6.07, 6.45) is 4.16. The number of nitrogens with zero attached hydrogens (tertiary/aromatic N) is 3. The predicted molar refractivity (Wildman–Crippen MR) is 87.3 cm³/mol. The molecule has 0 fully saturated rings. The van der Waals surface area contributed by atoms with Crippen LogP contribution in [-0.4, -0.2) is 27.0 Å². The molecule has 1 unspecified atom stereocenters. The highest BCUT2D eigenvalue weighted by molar-refractivity contribution is 6.00. The zero-order valence-electron chi connectivity index (χ0n) is 12.7. The van der Waals surface area contributed by atoms with Crippen LogP contribution in [0.25, 0.3) is 11.3 Å². The zero-order chi connectivity index (χ0) is 16.5. The molecule has 0 aliphatic carbocycles. The fraction of sp³-hybridized carbons (Fsp3) is 0.111. The van der Waals surface area contributed by atoms with Crippen molar-refractivity contribution in [2.45, 2.75) is 12.6 Å². The van der Waals surface area contributed by atoms with Gasteiger partial charge in [-0.2, -0.15) is 5.10 Å². The maximum atomic E-state index is 12.5. The van der Waals surface area contributed by atoms with Crippen LogP contribution in [0.15, 0.2) is 54.9 Å². The second-order valence-electron chi connectivity index (χ2n) is 5.52. The van der Waals surface area contributed by atoms with Gasteiger partial charge in [-0.25, -0.2) is 0 Å². The Labute approximate surface area is 138 Å². The van der Waals surface area contributed by atoms with E-state index in [0.717, 1.165) is 23.0 Å². The number of carbonyl (C=O) groups is 2. The average Bonchev–Trinajstić information content (AvgIpc) is 3.16. The first kappa shape index (κ1) is 14.3. The second-order valence-corrected chi connectivity index (χ2v) is 5.52. The Bertz CT molecular complexity index is 904. The smallest absolute Gasteiger partial charge is 0.270 e. The van der Waals surface area contributed by atoms with Crippen LogP contribution >= 0.6 is 0 Å². The zero-order valence-corrected chi connectivity index (χ0v) is 12.7. The monoisotopic (exact) mass is 318 g/mol. The van der Waals surface area contributed by atoms with Crippen LogP contribution in [0.2, 0.25) is 0 Å². The molecule has 1 amide bonds. The quantitative estimate of drug-likeness (QED) is 0.746. The van der Waals surface area contributed by atoms with Crippen molar-refractivity contribution in [1.29, 1.82) is 0 Å². The number of aromatic nitrogens is 3. The van der Waals surface area contributed by atoms with Gasteiger partial charge in [0.2, 0.25) is 0 Å². The molecule has 0 saturated carbocycles. The summed E-state index contributed by atoms with van der Waals surface area (Å²) >= 11 is 0. The first-order valence-corrected chi connectivity index (χ1v) is 7.60. The van der Waals surface area contributed by atoms with Gasteiger partial charge in [-0.05, 0) is 11.6 Å². The van der Waals surface area contributed by atoms with Crippen LogP contribution in [-0.2, 0) is 11.3 Å². The topological polar surface area (TPSA) is 76.9 Å². The van der Waals surface area contributed by atoms with Crippen LogP contribution in [0.3, 0.4) is 0 Å². The molecule has 0 radical (unpaired) electrons. The third kappa shape index (κ3) is 2.20. The van der Waals surface area contributed by atoms with E-state index in [-0.39, 0.29) is 18.5 Å². The van der Waals surface area contributed by atoms with Gasteiger partial charge in [0.15, 0.2) is 0 Å². The summed E-state index contributed by atoms with van der Waals surface area (Å²) in [7, 11) is 0. The number of rotatable bonds is 4. The number of hydrogen-bond donors (Lipinski definition) is 1. The van der Waals surface area contributed by atoms with Crippen molar-refractivity contribution in [2.75, 3.05) is 0 Å². The van der Waals surface area contributed by atoms with Crippen molar-refractivity contribution in [3.63, 3.8) is 0 Å². The van der Waals surface area contributed by atoms with Gasteiger partial charge in [0.05, 0.1) is 18.3 Å². The van der Waals surface area contributed by atoms with E-state index in [1.54, 1.807) is 12.4 Å². The summed E-state index contributed by atoms with van der Waals surface area (Å²) in [5.41, 5.74) is 3.73. The summed E-state index contributed by atoms with van der Waals surface area (Å²) < 4.78 is 1.47. The first-order chi connectivity index (χ1) is 11.8. The van der Waals surface area contributed by atoms with Crippen LogP contribution in [0.5, 0.6) is 0 Å². The molecule has 3 heterocycles. The van der Waals surface area contributed by atoms with Crippen LogP contribution in [0, 0.1) is 0 Å². The summed E-state index contributed by atoms with van der Waals surface area (Å²) in [6, 6.07) is 13.1. The molecule has 6 heteroatoms. The summed E-state index contributed by atoms with van der Waals surface area (Å²) in [5.74, 6) is -0.226. The molecule has 118 valence electrons. The SMILES string of the molecule is O=CCn1nc(-c2ccccc2)c2c1C(=O)NC2c1cccnc1. The first-order valence-electron chi connectivity index (χ1n) is 7.60. The van der Waals surface area contributed by atoms with E-state index in [1.165, 1.54) is 4.68 Å². The largest absolute Gasteiger partial charge is 0.340 e. The van der Waals surface area contributed by atoms with Gasteiger partial charge in [0.1, 0.15) is 12.0 Å². The molecule has 0 spiro atoms. The fourth-order valence-electron chi connectivity index (χ4n) is 3.07. The van der Waals surface area contributed by atoms with E-state index in [9.17, 15) is 9.59 Å². The van der Waals surface area contributed by atoms with Crippen molar-refractivity contribution in [1.82, 2.24) is 20.1 Å². The number of benzene rings is 1. The number of aldehydes is 1. The molecule has 24 heavy (non-hydrogen) atoms. The van der Waals surface area contributed by atoms with Gasteiger partial charge in [0.25, 0.3) is 5.91 Å². The minimum Gasteiger partial charge on any atom is -0.340 e. The van der Waals surface area contributed by atoms with E-state index < -0.39 is 0 Å². The summed E-state index contributed by atoms with van der Waals surface area (Å²) in [6.45, 7) is 0.0440. The molecule has 2 aromatic heterocycles. The Kier molecular flexibility index (Phi) is 3.42. The molecule has 4 rings (SSSR count). The van der Waals surface area contributed by atoms with E-state index in [2.05, 4.69) is 15.4 Å². The summed E-state index contributed by atoms with van der Waals surface area (Å²) in [4.78, 5) is 27.6. The van der Waals surface area contributed by atoms with Gasteiger partial charge in [0, 0.05) is 23.5 Å². The minimum absolute atomic E-state index is 0.0440. The lowest BCUT2D eigenvalue weighted by atomic mass is 9.98. The Morgan fingerprint density at radius 1 is 1.17 bits per heavy atom. The normalized spacial score (nSPS) is 15.8. The summed E-state index contributed by atoms with van der Waals surface area (Å²) in [5, 5.41) is 7.49. The Balaban J connectivity index is 1.94. The van der Waals surface area contributed by atoms with E-state index in [4.69, 9.17) is 0 Å². The Hall–Kier alpha value is -3.28. The van der Waals surface area contributed by atoms with Crippen molar-refractivity contribution in [2.24, 2.45) is 0 Å². The molecule has 1 N–H and O–H groups in total. The van der Waals surface area contributed by atoms with Gasteiger partial charge in [-0.15, -0.1) is 0 Å². The molecule has 3 aromatic rings. The maximum Gasteiger partial charge on any atom is 0.270 e. The average molecular weight is 318 g/mol. The van der Waals surface area contributed by atoms with Gasteiger partial charge < -0.3 is 10.1 Å². The third-order valence-corrected chi connectivity index (χ3v) is 4.08. The van der Waals surface area contributed by atoms with Crippen LogP contribution in [0.4, 0.5) is 0 Å². The highest BCUT2D eigenvalue weighted by Gasteiger charge is 2.37. The minimum atomic E-state index is -0.322. The molecule has 6 nitrogen and oxygen atoms in total. The van der Waals surface area contributed by atoms with Crippen molar-refractivity contribution in [3.8, 4) is 11.3 Å². The molecular weight excluding hydrogens is 304 g/mol. The lowest BCUT2D eigenvalue weighted by molar-refractivity contribution is -0.108. The molecular formula is C18H14N4O2. The molecule has 0 saturated heterocycles. The van der Waals surface area contributed by atoms with Crippen LogP contribution in [0.1, 0.15) is 27.7 Å². The Morgan fingerprint density at radius 3 is 2.71 bits per heavy atom. The van der Waals surface area contributed by atoms with E-state index in [1.807, 2.05) is 42.5 Å². The fourth-order valence-corrected chi connectivity index (χ4v) is 3.07. The maximum absolute atomic E-state index is 12.5. The Morgan fingerprint density at radius 2 is 2.00 bits per heavy atom. The number of hydrogen-bond acceptors (Lipinski definition) is 4. The van der Waals surface area contributed by atoms with Gasteiger partial charge in [-0.1, -0.05) is 36.4 Å². The molecule has 1 aromatic carbocycles. The second kappa shape index (κ2) is 5.73. The van der Waals surface area contributed by atoms with E-state index >= 15 is 0 Å². The molecule has 1 atom stereocenters. The van der Waals surface area contributed by atoms with E-state index in [0.29, 0.717) is 11.4 Å². The number of pyridine rings is 1. The van der Waals surface area contributed by atoms with Crippen molar-refractivity contribution >= 4 is 12.2 Å². The van der Waals surface area contributed by atoms with Gasteiger partial charge in [-0.3, -0.25) is 14.5 Å². The number of fused-ring (bicyclic) bond motifs is 1.